The fraction of sp³-hybridized carbons (Fsp3) is 0.250. The summed E-state index contributed by atoms with van der Waals surface area (Å²) in [4.78, 5) is 10.7. The molecule has 0 saturated carbocycles. The normalized spacial score (nSPS) is 12.3. The number of rotatable bonds is 5. The van der Waals surface area contributed by atoms with E-state index in [1.165, 1.54) is 0 Å². The quantitative estimate of drug-likeness (QED) is 0.757. The number of nitrogens with one attached hydrogen (secondary N) is 1. The molecule has 1 aromatic carbocycles. The number of anilines is 1. The van der Waals surface area contributed by atoms with Crippen LogP contribution < -0.4 is 10.1 Å². The van der Waals surface area contributed by atoms with Crippen LogP contribution in [0.2, 0.25) is 0 Å². The van der Waals surface area contributed by atoms with Crippen LogP contribution in [0.5, 0.6) is 5.75 Å². The first-order chi connectivity index (χ1) is 10.7. The van der Waals surface area contributed by atoms with Crippen molar-refractivity contribution in [1.29, 1.82) is 0 Å². The van der Waals surface area contributed by atoms with Crippen LogP contribution in [0.1, 0.15) is 6.92 Å². The third-order valence-corrected chi connectivity index (χ3v) is 4.45. The van der Waals surface area contributed by atoms with Gasteiger partial charge >= 0.3 is 0 Å². The molecule has 114 valence electrons. The Morgan fingerprint density at radius 2 is 2.05 bits per heavy atom. The molecule has 0 unspecified atom stereocenters. The van der Waals surface area contributed by atoms with Gasteiger partial charge in [-0.25, -0.2) is 9.97 Å². The Bertz CT molecular complexity index is 771. The predicted molar refractivity (Wildman–Crippen MR) is 89.6 cm³/mol. The third-order valence-electron chi connectivity index (χ3n) is 3.36. The molecule has 0 spiro atoms. The molecule has 2 N–H and O–H groups in total. The second-order valence-corrected chi connectivity index (χ2v) is 6.04. The van der Waals surface area contributed by atoms with Gasteiger partial charge in [-0.2, -0.15) is 0 Å². The van der Waals surface area contributed by atoms with E-state index in [2.05, 4.69) is 21.4 Å². The first kappa shape index (κ1) is 14.7. The number of ether oxygens (including phenoxy) is 1. The van der Waals surface area contributed by atoms with Crippen molar-refractivity contribution in [3.8, 4) is 16.2 Å². The summed E-state index contributed by atoms with van der Waals surface area (Å²) in [6.07, 6.45) is 1.54. The number of aliphatic hydroxyl groups is 1. The molecule has 22 heavy (non-hydrogen) atoms. The van der Waals surface area contributed by atoms with Gasteiger partial charge < -0.3 is 15.2 Å². The molecule has 6 heteroatoms. The van der Waals surface area contributed by atoms with Crippen LogP contribution in [0.15, 0.2) is 36.7 Å². The largest absolute Gasteiger partial charge is 0.497 e. The molecule has 3 aromatic rings. The van der Waals surface area contributed by atoms with E-state index in [1.807, 2.05) is 31.2 Å². The van der Waals surface area contributed by atoms with Gasteiger partial charge in [0.25, 0.3) is 0 Å². The average molecular weight is 315 g/mol. The van der Waals surface area contributed by atoms with Crippen molar-refractivity contribution in [3.63, 3.8) is 0 Å². The van der Waals surface area contributed by atoms with E-state index in [1.54, 1.807) is 24.8 Å². The molecule has 0 amide bonds. The molecule has 2 aromatic heterocycles. The van der Waals surface area contributed by atoms with E-state index < -0.39 is 0 Å². The average Bonchev–Trinajstić information content (AvgIpc) is 3.00. The maximum Gasteiger partial charge on any atom is 0.138 e. The number of nitrogens with zero attached hydrogens (tertiary/aromatic N) is 2. The SMILES string of the molecule is COc1ccc(-c2cc3c(N[C@@H](C)CO)ncnc3s2)cc1. The highest BCUT2D eigenvalue weighted by molar-refractivity contribution is 7.21. The highest BCUT2D eigenvalue weighted by atomic mass is 32.1. The highest BCUT2D eigenvalue weighted by Crippen LogP contribution is 2.35. The minimum absolute atomic E-state index is 0.0533. The van der Waals surface area contributed by atoms with Gasteiger partial charge in [-0.1, -0.05) is 0 Å². The van der Waals surface area contributed by atoms with E-state index in [9.17, 15) is 5.11 Å². The van der Waals surface area contributed by atoms with Gasteiger partial charge in [-0.15, -0.1) is 11.3 Å². The first-order valence-corrected chi connectivity index (χ1v) is 7.79. The Balaban J connectivity index is 1.99. The predicted octanol–water partition coefficient (Wildman–Crippen LogP) is 3.16. The monoisotopic (exact) mass is 315 g/mol. The van der Waals surface area contributed by atoms with Gasteiger partial charge in [0, 0.05) is 10.9 Å². The molecule has 0 radical (unpaired) electrons. The van der Waals surface area contributed by atoms with Gasteiger partial charge in [-0.3, -0.25) is 0 Å². The topological polar surface area (TPSA) is 67.3 Å². The summed E-state index contributed by atoms with van der Waals surface area (Å²) in [6, 6.07) is 9.97. The zero-order valence-electron chi connectivity index (χ0n) is 12.4. The van der Waals surface area contributed by atoms with Crippen LogP contribution >= 0.6 is 11.3 Å². The number of fused-ring (bicyclic) bond motifs is 1. The molecular weight excluding hydrogens is 298 g/mol. The van der Waals surface area contributed by atoms with Crippen LogP contribution in [0.4, 0.5) is 5.82 Å². The Morgan fingerprint density at radius 1 is 1.27 bits per heavy atom. The second-order valence-electron chi connectivity index (χ2n) is 5.01. The Labute approximate surface area is 132 Å². The van der Waals surface area contributed by atoms with Crippen molar-refractivity contribution in [2.24, 2.45) is 0 Å². The Hall–Kier alpha value is -2.18. The van der Waals surface area contributed by atoms with Crippen LogP contribution in [0.25, 0.3) is 20.7 Å². The number of methoxy groups -OCH3 is 1. The molecule has 5 nitrogen and oxygen atoms in total. The number of aliphatic hydroxyl groups excluding tert-OH is 1. The van der Waals surface area contributed by atoms with Gasteiger partial charge in [0.2, 0.25) is 0 Å². The molecule has 1 atom stereocenters. The molecular formula is C16H17N3O2S. The lowest BCUT2D eigenvalue weighted by molar-refractivity contribution is 0.281. The number of benzene rings is 1. The van der Waals surface area contributed by atoms with Crippen molar-refractivity contribution in [2.45, 2.75) is 13.0 Å². The van der Waals surface area contributed by atoms with Crippen LogP contribution in [0, 0.1) is 0 Å². The van der Waals surface area contributed by atoms with Gasteiger partial charge in [0.1, 0.15) is 22.7 Å². The number of thiophene rings is 1. The van der Waals surface area contributed by atoms with Crippen LogP contribution in [-0.4, -0.2) is 34.8 Å². The summed E-state index contributed by atoms with van der Waals surface area (Å²) in [7, 11) is 1.66. The lowest BCUT2D eigenvalue weighted by atomic mass is 10.1. The molecule has 0 bridgehead atoms. The van der Waals surface area contributed by atoms with Gasteiger partial charge in [0.15, 0.2) is 0 Å². The van der Waals surface area contributed by atoms with E-state index in [-0.39, 0.29) is 12.6 Å². The van der Waals surface area contributed by atoms with Crippen molar-refractivity contribution in [1.82, 2.24) is 9.97 Å². The third kappa shape index (κ3) is 2.88. The zero-order valence-corrected chi connectivity index (χ0v) is 13.2. The molecule has 0 aliphatic heterocycles. The smallest absolute Gasteiger partial charge is 0.138 e. The Kier molecular flexibility index (Phi) is 4.22. The lowest BCUT2D eigenvalue weighted by Crippen LogP contribution is -2.20. The number of aromatic nitrogens is 2. The van der Waals surface area contributed by atoms with Crippen molar-refractivity contribution in [3.05, 3.63) is 36.7 Å². The molecule has 0 aliphatic rings. The molecule has 0 fully saturated rings. The summed E-state index contributed by atoms with van der Waals surface area (Å²) in [5, 5.41) is 13.4. The fourth-order valence-electron chi connectivity index (χ4n) is 2.15. The van der Waals surface area contributed by atoms with E-state index in [4.69, 9.17) is 4.74 Å². The highest BCUT2D eigenvalue weighted by Gasteiger charge is 2.11. The summed E-state index contributed by atoms with van der Waals surface area (Å²) in [5.74, 6) is 1.59. The standard InChI is InChI=1S/C16H17N3O2S/c1-10(8-20)19-15-13-7-14(22-16(13)18-9-17-15)11-3-5-12(21-2)6-4-11/h3-7,9-10,20H,8H2,1-2H3,(H,17,18,19)/t10-/m0/s1. The summed E-state index contributed by atoms with van der Waals surface area (Å²) in [6.45, 7) is 1.96. The lowest BCUT2D eigenvalue weighted by Gasteiger charge is -2.11. The summed E-state index contributed by atoms with van der Waals surface area (Å²) in [5.41, 5.74) is 1.12. The number of hydrogen-bond donors (Lipinski definition) is 2. The summed E-state index contributed by atoms with van der Waals surface area (Å²) < 4.78 is 5.19. The fourth-order valence-corrected chi connectivity index (χ4v) is 3.15. The second kappa shape index (κ2) is 6.29. The van der Waals surface area contributed by atoms with E-state index in [0.717, 1.165) is 32.2 Å². The van der Waals surface area contributed by atoms with Crippen LogP contribution in [0.3, 0.4) is 0 Å². The Morgan fingerprint density at radius 3 is 2.73 bits per heavy atom. The van der Waals surface area contributed by atoms with Crippen molar-refractivity contribution < 1.29 is 9.84 Å². The minimum Gasteiger partial charge on any atom is -0.497 e. The molecule has 0 saturated heterocycles. The number of hydrogen-bond acceptors (Lipinski definition) is 6. The van der Waals surface area contributed by atoms with E-state index >= 15 is 0 Å². The minimum atomic E-state index is -0.0533. The zero-order chi connectivity index (χ0) is 15.5. The van der Waals surface area contributed by atoms with E-state index in [0.29, 0.717) is 0 Å². The summed E-state index contributed by atoms with van der Waals surface area (Å²) >= 11 is 1.62. The van der Waals surface area contributed by atoms with Gasteiger partial charge in [0.05, 0.1) is 19.1 Å². The maximum absolute atomic E-state index is 9.19. The molecule has 0 aliphatic carbocycles. The molecule has 2 heterocycles. The first-order valence-electron chi connectivity index (χ1n) is 6.97. The van der Waals surface area contributed by atoms with Crippen LogP contribution in [-0.2, 0) is 0 Å². The van der Waals surface area contributed by atoms with Crippen molar-refractivity contribution >= 4 is 27.4 Å². The maximum atomic E-state index is 9.19. The molecule has 3 rings (SSSR count). The van der Waals surface area contributed by atoms with Crippen molar-refractivity contribution in [2.75, 3.05) is 19.0 Å². The van der Waals surface area contributed by atoms with Gasteiger partial charge in [-0.05, 0) is 42.8 Å².